The Morgan fingerprint density at radius 3 is 2.86 bits per heavy atom. The first kappa shape index (κ1) is 19.0. The van der Waals surface area contributed by atoms with Crippen LogP contribution >= 0.6 is 47.1 Å². The molecule has 0 aliphatic carbocycles. The average Bonchev–Trinajstić information content (AvgIpc) is 3.08. The van der Waals surface area contributed by atoms with Crippen molar-refractivity contribution in [1.82, 2.24) is 15.6 Å². The molecule has 0 saturated carbocycles. The molecule has 2 rings (SSSR count). The number of guanidine groups is 1. The summed E-state index contributed by atoms with van der Waals surface area (Å²) in [5.74, 6) is 2.15. The lowest BCUT2D eigenvalue weighted by molar-refractivity contribution is 0.584. The smallest absolute Gasteiger partial charge is 0.191 e. The van der Waals surface area contributed by atoms with Crippen molar-refractivity contribution in [1.29, 1.82) is 0 Å². The standard InChI is InChI=1S/C14H24N4S2.HI/c1-4-12-18-11(9-19-12)8-16-13(15-3)17-10-14(2)6-5-7-20-14;/h9H,4-8,10H2,1-3H3,(H2,15,16,17);1H. The molecule has 7 heteroatoms. The van der Waals surface area contributed by atoms with Gasteiger partial charge in [-0.15, -0.1) is 35.3 Å². The zero-order chi connectivity index (χ0) is 14.4. The second-order valence-corrected chi connectivity index (χ2v) is 7.89. The van der Waals surface area contributed by atoms with Crippen LogP contribution in [0.5, 0.6) is 0 Å². The van der Waals surface area contributed by atoms with Gasteiger partial charge in [-0.2, -0.15) is 11.8 Å². The molecule has 1 saturated heterocycles. The Bertz CT molecular complexity index is 456. The van der Waals surface area contributed by atoms with Crippen molar-refractivity contribution in [2.75, 3.05) is 19.3 Å². The Labute approximate surface area is 153 Å². The molecule has 1 aliphatic heterocycles. The Hall–Kier alpha value is -0.0200. The van der Waals surface area contributed by atoms with Crippen molar-refractivity contribution >= 4 is 53.0 Å². The molecule has 1 aliphatic rings. The molecule has 2 N–H and O–H groups in total. The maximum atomic E-state index is 4.56. The van der Waals surface area contributed by atoms with Gasteiger partial charge in [-0.25, -0.2) is 4.98 Å². The van der Waals surface area contributed by atoms with E-state index in [4.69, 9.17) is 0 Å². The summed E-state index contributed by atoms with van der Waals surface area (Å²) in [6.07, 6.45) is 3.62. The minimum absolute atomic E-state index is 0. The van der Waals surface area contributed by atoms with Gasteiger partial charge in [-0.3, -0.25) is 4.99 Å². The summed E-state index contributed by atoms with van der Waals surface area (Å²) in [5, 5.41) is 10.1. The Kier molecular flexibility index (Phi) is 8.33. The number of aromatic nitrogens is 1. The van der Waals surface area contributed by atoms with E-state index in [1.807, 2.05) is 7.05 Å². The minimum atomic E-state index is 0. The molecular formula is C14H25IN4S2. The molecule has 2 heterocycles. The van der Waals surface area contributed by atoms with E-state index in [1.165, 1.54) is 23.6 Å². The number of aliphatic imine (C=N–C) groups is 1. The number of hydrogen-bond acceptors (Lipinski definition) is 4. The Balaban J connectivity index is 0.00000220. The fourth-order valence-corrected chi connectivity index (χ4v) is 4.22. The minimum Gasteiger partial charge on any atom is -0.355 e. The lowest BCUT2D eigenvalue weighted by Gasteiger charge is -2.24. The van der Waals surface area contributed by atoms with Gasteiger partial charge in [0.15, 0.2) is 5.96 Å². The van der Waals surface area contributed by atoms with Crippen LogP contribution < -0.4 is 10.6 Å². The normalized spacial score (nSPS) is 22.0. The molecule has 21 heavy (non-hydrogen) atoms. The predicted molar refractivity (Wildman–Crippen MR) is 105 cm³/mol. The van der Waals surface area contributed by atoms with Gasteiger partial charge in [-0.1, -0.05) is 6.92 Å². The van der Waals surface area contributed by atoms with E-state index in [9.17, 15) is 0 Å². The first-order valence-corrected chi connectivity index (χ1v) is 9.03. The molecule has 1 aromatic rings. The lowest BCUT2D eigenvalue weighted by Crippen LogP contribution is -2.43. The van der Waals surface area contributed by atoms with Crippen LogP contribution in [0.1, 0.15) is 37.4 Å². The third-order valence-electron chi connectivity index (χ3n) is 3.49. The predicted octanol–water partition coefficient (Wildman–Crippen LogP) is 3.27. The number of thioether (sulfide) groups is 1. The number of nitrogens with zero attached hydrogens (tertiary/aromatic N) is 2. The molecule has 1 fully saturated rings. The van der Waals surface area contributed by atoms with Crippen molar-refractivity contribution < 1.29 is 0 Å². The zero-order valence-corrected chi connectivity index (χ0v) is 16.9. The highest BCUT2D eigenvalue weighted by Crippen LogP contribution is 2.36. The van der Waals surface area contributed by atoms with Crippen LogP contribution in [0.25, 0.3) is 0 Å². The number of rotatable bonds is 5. The van der Waals surface area contributed by atoms with Crippen molar-refractivity contribution in [3.05, 3.63) is 16.1 Å². The highest BCUT2D eigenvalue weighted by molar-refractivity contribution is 14.0. The van der Waals surface area contributed by atoms with E-state index in [1.54, 1.807) is 11.3 Å². The highest BCUT2D eigenvalue weighted by Gasteiger charge is 2.29. The fraction of sp³-hybridized carbons (Fsp3) is 0.714. The largest absolute Gasteiger partial charge is 0.355 e. The van der Waals surface area contributed by atoms with E-state index in [-0.39, 0.29) is 24.0 Å². The van der Waals surface area contributed by atoms with Gasteiger partial charge in [-0.05, 0) is 31.9 Å². The molecule has 0 amide bonds. The van der Waals surface area contributed by atoms with E-state index in [0.717, 1.165) is 31.2 Å². The van der Waals surface area contributed by atoms with Gasteiger partial charge in [0.25, 0.3) is 0 Å². The van der Waals surface area contributed by atoms with Crippen LogP contribution in [0.15, 0.2) is 10.4 Å². The van der Waals surface area contributed by atoms with E-state index in [2.05, 4.69) is 51.6 Å². The van der Waals surface area contributed by atoms with Crippen LogP contribution in [0.2, 0.25) is 0 Å². The average molecular weight is 440 g/mol. The Morgan fingerprint density at radius 1 is 1.48 bits per heavy atom. The van der Waals surface area contributed by atoms with E-state index in [0.29, 0.717) is 4.75 Å². The summed E-state index contributed by atoms with van der Waals surface area (Å²) in [4.78, 5) is 8.84. The lowest BCUT2D eigenvalue weighted by atomic mass is 10.1. The topological polar surface area (TPSA) is 49.3 Å². The summed E-state index contributed by atoms with van der Waals surface area (Å²) in [6, 6.07) is 0. The van der Waals surface area contributed by atoms with Gasteiger partial charge < -0.3 is 10.6 Å². The number of hydrogen-bond donors (Lipinski definition) is 2. The number of halogens is 1. The molecule has 4 nitrogen and oxygen atoms in total. The van der Waals surface area contributed by atoms with Gasteiger partial charge in [0.05, 0.1) is 17.2 Å². The third-order valence-corrected chi connectivity index (χ3v) is 6.07. The molecule has 1 atom stereocenters. The molecule has 0 spiro atoms. The highest BCUT2D eigenvalue weighted by atomic mass is 127. The molecule has 1 aromatic heterocycles. The number of aryl methyl sites for hydroxylation is 1. The van der Waals surface area contributed by atoms with Crippen molar-refractivity contribution in [2.45, 2.75) is 44.4 Å². The van der Waals surface area contributed by atoms with Gasteiger partial charge in [0.1, 0.15) is 0 Å². The number of nitrogens with one attached hydrogen (secondary N) is 2. The molecule has 1 unspecified atom stereocenters. The molecule has 120 valence electrons. The van der Waals surface area contributed by atoms with Crippen molar-refractivity contribution in [2.24, 2.45) is 4.99 Å². The summed E-state index contributed by atoms with van der Waals surface area (Å²) in [6.45, 7) is 6.17. The van der Waals surface area contributed by atoms with Crippen LogP contribution in [-0.4, -0.2) is 35.0 Å². The second kappa shape index (κ2) is 9.19. The van der Waals surface area contributed by atoms with E-state index >= 15 is 0 Å². The van der Waals surface area contributed by atoms with Crippen LogP contribution in [-0.2, 0) is 13.0 Å². The summed E-state index contributed by atoms with van der Waals surface area (Å²) >= 11 is 3.79. The fourth-order valence-electron chi connectivity index (χ4n) is 2.23. The van der Waals surface area contributed by atoms with Gasteiger partial charge in [0, 0.05) is 23.7 Å². The number of thiazole rings is 1. The van der Waals surface area contributed by atoms with Crippen LogP contribution in [0.3, 0.4) is 0 Å². The Morgan fingerprint density at radius 2 is 2.29 bits per heavy atom. The first-order chi connectivity index (χ1) is 9.65. The van der Waals surface area contributed by atoms with Crippen molar-refractivity contribution in [3.63, 3.8) is 0 Å². The maximum absolute atomic E-state index is 4.56. The van der Waals surface area contributed by atoms with Gasteiger partial charge >= 0.3 is 0 Å². The maximum Gasteiger partial charge on any atom is 0.191 e. The summed E-state index contributed by atoms with van der Waals surface area (Å²) < 4.78 is 0.355. The first-order valence-electron chi connectivity index (χ1n) is 7.17. The van der Waals surface area contributed by atoms with Crippen LogP contribution in [0, 0.1) is 0 Å². The molecule has 0 aromatic carbocycles. The third kappa shape index (κ3) is 5.94. The molecular weight excluding hydrogens is 415 g/mol. The van der Waals surface area contributed by atoms with Gasteiger partial charge in [0.2, 0.25) is 0 Å². The molecule has 0 radical (unpaired) electrons. The quantitative estimate of drug-likeness (QED) is 0.419. The molecule has 0 bridgehead atoms. The summed E-state index contributed by atoms with van der Waals surface area (Å²) in [7, 11) is 1.82. The monoisotopic (exact) mass is 440 g/mol. The zero-order valence-electron chi connectivity index (χ0n) is 12.9. The van der Waals surface area contributed by atoms with Crippen molar-refractivity contribution in [3.8, 4) is 0 Å². The van der Waals surface area contributed by atoms with E-state index < -0.39 is 0 Å². The second-order valence-electron chi connectivity index (χ2n) is 5.27. The van der Waals surface area contributed by atoms with Crippen LogP contribution in [0.4, 0.5) is 0 Å². The SMILES string of the molecule is CCc1nc(CNC(=NC)NCC2(C)CCCS2)cs1.I. The summed E-state index contributed by atoms with van der Waals surface area (Å²) in [5.41, 5.74) is 1.09.